The number of hydrogen-bond donors (Lipinski definition) is 5. The number of amides is 1. The van der Waals surface area contributed by atoms with Crippen molar-refractivity contribution in [1.29, 1.82) is 0 Å². The number of nitrogens with zero attached hydrogens (tertiary/aromatic N) is 2. The molecule has 20 rings (SSSR count). The first-order valence-corrected chi connectivity index (χ1v) is 38.0. The topological polar surface area (TPSA) is 159 Å². The van der Waals surface area contributed by atoms with Crippen LogP contribution in [0.4, 0.5) is 0 Å². The smallest absolute Gasteiger partial charge is 0.303 e. The second-order valence-electron chi connectivity index (χ2n) is 32.5. The molecule has 6 N–H and O–H groups in total. The number of carbonyl (C=O) groups is 2. The number of aromatic hydroxyl groups is 1. The Morgan fingerprint density at radius 1 is 0.828 bits per heavy atom. The van der Waals surface area contributed by atoms with E-state index in [1.54, 1.807) is 6.92 Å². The van der Waals surface area contributed by atoms with Crippen molar-refractivity contribution in [3.8, 4) is 11.5 Å². The number of aliphatic hydroxyl groups excluding tert-OH is 1. The zero-order chi connectivity index (χ0) is 59.2. The van der Waals surface area contributed by atoms with Crippen molar-refractivity contribution < 1.29 is 29.3 Å². The number of phenols is 1. The first kappa shape index (κ1) is 58.7. The number of fused-ring (bicyclic) bond motifs is 1. The average Bonchev–Trinajstić information content (AvgIpc) is 1.56. The van der Waals surface area contributed by atoms with Gasteiger partial charge in [-0.1, -0.05) is 83.7 Å². The Labute approximate surface area is 527 Å². The zero-order valence-electron chi connectivity index (χ0n) is 52.7. The van der Waals surface area contributed by atoms with E-state index in [1.165, 1.54) is 127 Å². The third-order valence-corrected chi connectivity index (χ3v) is 32.6. The van der Waals surface area contributed by atoms with Gasteiger partial charge < -0.3 is 41.0 Å². The van der Waals surface area contributed by atoms with E-state index >= 15 is 4.79 Å². The second kappa shape index (κ2) is 21.9. The number of aliphatic hydroxyl groups is 1. The van der Waals surface area contributed by atoms with E-state index in [-0.39, 0.29) is 80.8 Å². The number of esters is 1. The highest BCUT2D eigenvalue weighted by Crippen LogP contribution is 2.80. The molecule has 2 aromatic rings. The van der Waals surface area contributed by atoms with Gasteiger partial charge >= 0.3 is 5.97 Å². The molecule has 11 aliphatic carbocycles. The predicted octanol–water partition coefficient (Wildman–Crippen LogP) is 14.4. The van der Waals surface area contributed by atoms with Gasteiger partial charge in [0, 0.05) is 84.9 Å². The van der Waals surface area contributed by atoms with Crippen LogP contribution in [0.5, 0.6) is 11.5 Å². The van der Waals surface area contributed by atoms with Gasteiger partial charge in [-0.3, -0.25) is 14.6 Å². The molecule has 7 heterocycles. The summed E-state index contributed by atoms with van der Waals surface area (Å²) in [6.45, 7) is 4.18. The van der Waals surface area contributed by atoms with Crippen LogP contribution >= 0.6 is 21.6 Å². The van der Waals surface area contributed by atoms with E-state index in [0.29, 0.717) is 72.6 Å². The van der Waals surface area contributed by atoms with E-state index in [1.807, 2.05) is 0 Å². The van der Waals surface area contributed by atoms with Gasteiger partial charge in [0.1, 0.15) is 16.1 Å². The summed E-state index contributed by atoms with van der Waals surface area (Å²) in [5.41, 5.74) is 11.2. The molecule has 10 saturated carbocycles. The highest BCUT2D eigenvalue weighted by Gasteiger charge is 2.72. The van der Waals surface area contributed by atoms with Crippen LogP contribution in [0.1, 0.15) is 234 Å². The number of carbonyl (C=O) groups excluding carboxylic acids is 2. The van der Waals surface area contributed by atoms with Crippen LogP contribution in [0.2, 0.25) is 0 Å². The molecule has 18 aliphatic rings. The Bertz CT molecular complexity index is 3050. The molecule has 7 aliphatic heterocycles. The molecule has 2 aromatic carbocycles. The number of hydrogen-bond acceptors (Lipinski definition) is 12. The third-order valence-electron chi connectivity index (χ3n) is 29.3. The minimum absolute atomic E-state index is 0.0204. The molecule has 12 bridgehead atoms. The Morgan fingerprint density at radius 2 is 1.61 bits per heavy atom. The first-order valence-electron chi connectivity index (χ1n) is 35.7. The van der Waals surface area contributed by atoms with Crippen LogP contribution in [-0.4, -0.2) is 87.6 Å². The summed E-state index contributed by atoms with van der Waals surface area (Å²) in [5.74, 6) is 5.46. The molecule has 0 aromatic heterocycles. The van der Waals surface area contributed by atoms with E-state index in [2.05, 4.69) is 92.7 Å². The Kier molecular flexibility index (Phi) is 14.8. The van der Waals surface area contributed by atoms with Crippen LogP contribution in [0.3, 0.4) is 0 Å². The summed E-state index contributed by atoms with van der Waals surface area (Å²) in [4.78, 5) is 36.3. The lowest BCUT2D eigenvalue weighted by atomic mass is 9.44. The van der Waals surface area contributed by atoms with E-state index < -0.39 is 17.3 Å². The molecule has 1 amide bonds. The summed E-state index contributed by atoms with van der Waals surface area (Å²) in [5, 5.41) is 34.1. The zero-order valence-corrected chi connectivity index (χ0v) is 54.4. The van der Waals surface area contributed by atoms with Crippen LogP contribution < -0.4 is 21.1 Å². The molecular formula is C74H103N5O6S2. The maximum absolute atomic E-state index is 15.2. The number of aliphatic imine (C=N–C) groups is 1. The lowest BCUT2D eigenvalue weighted by molar-refractivity contribution is -0.203. The first-order chi connectivity index (χ1) is 42.2. The van der Waals surface area contributed by atoms with Crippen molar-refractivity contribution in [2.75, 3.05) is 32.4 Å². The van der Waals surface area contributed by atoms with Crippen LogP contribution in [0.25, 0.3) is 0 Å². The molecule has 11 fully saturated rings. The highest BCUT2D eigenvalue weighted by atomic mass is 33.1. The lowest BCUT2D eigenvalue weighted by Crippen LogP contribution is -2.59. The van der Waals surface area contributed by atoms with Gasteiger partial charge in [-0.05, 0) is 255 Å². The van der Waals surface area contributed by atoms with Crippen molar-refractivity contribution in [2.24, 2.45) is 85.1 Å². The van der Waals surface area contributed by atoms with Gasteiger partial charge in [-0.25, -0.2) is 0 Å². The monoisotopic (exact) mass is 1220 g/mol. The van der Waals surface area contributed by atoms with Crippen molar-refractivity contribution >= 4 is 39.4 Å². The molecular weight excluding hydrogens is 1120 g/mol. The number of phenolic OH excluding ortho intramolecular Hbond substituents is 1. The molecule has 0 radical (unpaired) electrons. The molecule has 472 valence electrons. The SMILES string of the molecule is CNC[C@H]1CC[C@@]2(CC[C@@]3(C[C@@H]4CC[C@@H]3CSS[C@@]3(CCCC35CCCC5)NC(N)=NC[C@H]3CC[C@H](c5ccccc5)[C@@]35CC(=O)N(Cc3cc(c6c(c3O)O[C@]37C=C[C@H]6C[C@H]3CCC7)C[C@H]3CC[C@H]6C[C@]3(OC(C)=O)C[C@@H](O)[C@@H]64)C5)C23CCCC3)C1. The predicted molar refractivity (Wildman–Crippen MR) is 347 cm³/mol. The molecule has 7 spiro atoms. The fourth-order valence-corrected chi connectivity index (χ4v) is 29.9. The summed E-state index contributed by atoms with van der Waals surface area (Å²) in [6.07, 6.45) is 39.1. The molecule has 87 heavy (non-hydrogen) atoms. The van der Waals surface area contributed by atoms with Crippen molar-refractivity contribution in [3.05, 3.63) is 70.8 Å². The van der Waals surface area contributed by atoms with Gasteiger partial charge in [0.25, 0.3) is 0 Å². The largest absolute Gasteiger partial charge is 0.504 e. The summed E-state index contributed by atoms with van der Waals surface area (Å²) >= 11 is 0. The summed E-state index contributed by atoms with van der Waals surface area (Å²) in [6, 6.07) is 13.2. The summed E-state index contributed by atoms with van der Waals surface area (Å²) in [7, 11) is 6.54. The lowest BCUT2D eigenvalue weighted by Gasteiger charge is -2.61. The Morgan fingerprint density at radius 3 is 2.43 bits per heavy atom. The fourth-order valence-electron chi connectivity index (χ4n) is 25.9. The van der Waals surface area contributed by atoms with Gasteiger partial charge in [0.15, 0.2) is 17.5 Å². The number of guanidine groups is 1. The minimum Gasteiger partial charge on any atom is -0.504 e. The maximum Gasteiger partial charge on any atom is 0.303 e. The van der Waals surface area contributed by atoms with E-state index in [0.717, 1.165) is 93.4 Å². The highest BCUT2D eigenvalue weighted by molar-refractivity contribution is 8.77. The molecule has 17 atom stereocenters. The molecule has 0 unspecified atom stereocenters. The van der Waals surface area contributed by atoms with Crippen molar-refractivity contribution in [1.82, 2.24) is 15.5 Å². The van der Waals surface area contributed by atoms with Crippen LogP contribution in [0, 0.1) is 74.4 Å². The third kappa shape index (κ3) is 8.97. The quantitative estimate of drug-likeness (QED) is 0.113. The Hall–Kier alpha value is -3.39. The number of nitrogens with one attached hydrogen (secondary N) is 2. The van der Waals surface area contributed by atoms with E-state index in [9.17, 15) is 15.0 Å². The van der Waals surface area contributed by atoms with Crippen LogP contribution in [-0.2, 0) is 27.3 Å². The molecule has 1 saturated heterocycles. The standard InChI is InChI=1S/C74H103N5O6S2/c1-47(80)84-72-39-52-15-17-56(72)36-53-34-54(64(83)65-63(53)50-22-31-71(85-65)26-10-14-55(71)35-50)44-79-46-69(41-61(79)82)57(19-20-59(69)49-12-4-3-5-13-49)43-77-66(75)78-74(29-11-25-67(74)23-6-7-24-67)87-86-45-58-18-16-51(62(52)60(81)40-72)38-70(58)33-32-68(73(70)27-8-9-28-73)30-21-48(37-68)42-76-2/h3-5,12-13,22,31,34,48,50-52,55-60,62,76,81,83H,6-11,14-21,23-30,32-33,35-46H2,1-2H3,(H3,75,77,78)/t48-,50-,51-,52-,55+,56+,57+,58+,59+,60+,62+,68+,69+,70-,71+,72-,74+/m0/s1. The van der Waals surface area contributed by atoms with Crippen molar-refractivity contribution in [3.63, 3.8) is 0 Å². The van der Waals surface area contributed by atoms with Gasteiger partial charge in [-0.2, -0.15) is 0 Å². The van der Waals surface area contributed by atoms with Gasteiger partial charge in [0.2, 0.25) is 5.91 Å². The van der Waals surface area contributed by atoms with E-state index in [4.69, 9.17) is 20.2 Å². The van der Waals surface area contributed by atoms with Crippen LogP contribution in [0.15, 0.2) is 53.5 Å². The van der Waals surface area contributed by atoms with Gasteiger partial charge in [0.05, 0.1) is 6.10 Å². The van der Waals surface area contributed by atoms with Crippen molar-refractivity contribution in [2.45, 2.75) is 247 Å². The fraction of sp³-hybridized carbons (Fsp3) is 0.770. The summed E-state index contributed by atoms with van der Waals surface area (Å²) < 4.78 is 14.3. The number of nitrogens with two attached hydrogens (primary N) is 1. The van der Waals surface area contributed by atoms with Gasteiger partial charge in [-0.15, -0.1) is 0 Å². The number of benzene rings is 2. The number of rotatable bonds is 4. The number of ether oxygens (including phenoxy) is 2. The maximum atomic E-state index is 15.2. The molecule has 11 nitrogen and oxygen atoms in total. The minimum atomic E-state index is -0.803. The normalized spacial score (nSPS) is 44.0. The Balaban J connectivity index is 0.814. The number of allylic oxidation sites excluding steroid dienone is 1. The second-order valence-corrected chi connectivity index (χ2v) is 35.1. The average molecular weight is 1220 g/mol. The molecule has 13 heteroatoms.